The van der Waals surface area contributed by atoms with Crippen LogP contribution in [0.4, 0.5) is 11.4 Å². The van der Waals surface area contributed by atoms with Gasteiger partial charge in [-0.1, -0.05) is 31.5 Å². The van der Waals surface area contributed by atoms with Crippen LogP contribution in [0.25, 0.3) is 0 Å². The van der Waals surface area contributed by atoms with Gasteiger partial charge in [-0.25, -0.2) is 0 Å². The van der Waals surface area contributed by atoms with Gasteiger partial charge >= 0.3 is 0 Å². The van der Waals surface area contributed by atoms with E-state index >= 15 is 0 Å². The average molecular weight is 400 g/mol. The van der Waals surface area contributed by atoms with Crippen molar-refractivity contribution < 1.29 is 9.59 Å². The smallest absolute Gasteiger partial charge is 0.255 e. The number of halogens is 1. The predicted octanol–water partition coefficient (Wildman–Crippen LogP) is 4.58. The van der Waals surface area contributed by atoms with Crippen molar-refractivity contribution in [1.29, 1.82) is 0 Å². The van der Waals surface area contributed by atoms with Gasteiger partial charge in [-0.15, -0.1) is 0 Å². The first kappa shape index (κ1) is 20.2. The summed E-state index contributed by atoms with van der Waals surface area (Å²) in [5.74, 6) is -0.00989. The van der Waals surface area contributed by atoms with Crippen LogP contribution in [0.1, 0.15) is 47.4 Å². The van der Waals surface area contributed by atoms with E-state index in [-0.39, 0.29) is 11.8 Å². The van der Waals surface area contributed by atoms with Crippen LogP contribution in [-0.2, 0) is 0 Å². The van der Waals surface area contributed by atoms with Crippen molar-refractivity contribution in [3.05, 3.63) is 58.6 Å². The van der Waals surface area contributed by atoms with Gasteiger partial charge in [0.15, 0.2) is 0 Å². The molecule has 2 aromatic carbocycles. The fourth-order valence-corrected chi connectivity index (χ4v) is 3.44. The zero-order chi connectivity index (χ0) is 20.1. The van der Waals surface area contributed by atoms with E-state index in [9.17, 15) is 9.59 Å². The molecule has 0 spiro atoms. The number of anilines is 2. The van der Waals surface area contributed by atoms with E-state index in [0.29, 0.717) is 34.3 Å². The standard InChI is InChI=1S/C22H26ClN3O2/c1-15(2)14-24-22(28)19-13-18(8-9-20(19)26-10-3-4-11-26)25-21(27)16-6-5-7-17(23)12-16/h5-9,12-13,15H,3-4,10-11,14H2,1-2H3,(H,24,28)(H,25,27). The second-order valence-electron chi connectivity index (χ2n) is 7.49. The Balaban J connectivity index is 1.84. The third kappa shape index (κ3) is 5.04. The lowest BCUT2D eigenvalue weighted by molar-refractivity contribution is 0.0948. The summed E-state index contributed by atoms with van der Waals surface area (Å²) < 4.78 is 0. The third-order valence-corrected chi connectivity index (χ3v) is 4.94. The van der Waals surface area contributed by atoms with Gasteiger partial charge in [0, 0.05) is 41.6 Å². The summed E-state index contributed by atoms with van der Waals surface area (Å²) in [5, 5.41) is 6.36. The normalized spacial score (nSPS) is 13.6. The molecule has 0 radical (unpaired) electrons. The molecule has 6 heteroatoms. The molecule has 1 fully saturated rings. The van der Waals surface area contributed by atoms with E-state index in [0.717, 1.165) is 31.6 Å². The summed E-state index contributed by atoms with van der Waals surface area (Å²) >= 11 is 5.97. The van der Waals surface area contributed by atoms with Crippen molar-refractivity contribution in [2.45, 2.75) is 26.7 Å². The van der Waals surface area contributed by atoms with E-state index in [1.165, 1.54) is 0 Å². The molecular formula is C22H26ClN3O2. The van der Waals surface area contributed by atoms with Gasteiger partial charge in [0.1, 0.15) is 0 Å². The molecule has 3 rings (SSSR count). The number of rotatable bonds is 6. The Labute approximate surface area is 171 Å². The SMILES string of the molecule is CC(C)CNC(=O)c1cc(NC(=O)c2cccc(Cl)c2)ccc1N1CCCC1. The summed E-state index contributed by atoms with van der Waals surface area (Å²) in [5.41, 5.74) is 2.57. The summed E-state index contributed by atoms with van der Waals surface area (Å²) in [4.78, 5) is 27.6. The van der Waals surface area contributed by atoms with Crippen LogP contribution in [0.5, 0.6) is 0 Å². The zero-order valence-corrected chi connectivity index (χ0v) is 17.1. The maximum absolute atomic E-state index is 12.8. The molecule has 1 aliphatic rings. The lowest BCUT2D eigenvalue weighted by atomic mass is 10.1. The minimum absolute atomic E-state index is 0.116. The van der Waals surface area contributed by atoms with Crippen molar-refractivity contribution in [3.8, 4) is 0 Å². The van der Waals surface area contributed by atoms with Crippen LogP contribution in [0.3, 0.4) is 0 Å². The molecule has 2 amide bonds. The van der Waals surface area contributed by atoms with Crippen molar-refractivity contribution in [1.82, 2.24) is 5.32 Å². The molecular weight excluding hydrogens is 374 g/mol. The van der Waals surface area contributed by atoms with Crippen LogP contribution < -0.4 is 15.5 Å². The molecule has 1 saturated heterocycles. The van der Waals surface area contributed by atoms with Gasteiger partial charge in [-0.05, 0) is 55.2 Å². The molecule has 148 valence electrons. The molecule has 2 N–H and O–H groups in total. The second kappa shape index (κ2) is 9.11. The molecule has 1 aliphatic heterocycles. The number of benzene rings is 2. The first-order chi connectivity index (χ1) is 13.4. The summed E-state index contributed by atoms with van der Waals surface area (Å²) in [7, 11) is 0. The van der Waals surface area contributed by atoms with Crippen LogP contribution >= 0.6 is 11.6 Å². The number of carbonyl (C=O) groups excluding carboxylic acids is 2. The second-order valence-corrected chi connectivity index (χ2v) is 7.93. The highest BCUT2D eigenvalue weighted by Gasteiger charge is 2.20. The van der Waals surface area contributed by atoms with E-state index in [1.807, 2.05) is 12.1 Å². The highest BCUT2D eigenvalue weighted by molar-refractivity contribution is 6.31. The van der Waals surface area contributed by atoms with Crippen LogP contribution in [0, 0.1) is 5.92 Å². The van der Waals surface area contributed by atoms with Crippen LogP contribution in [0.2, 0.25) is 5.02 Å². The molecule has 28 heavy (non-hydrogen) atoms. The van der Waals surface area contributed by atoms with Crippen molar-refractivity contribution >= 4 is 34.8 Å². The molecule has 5 nitrogen and oxygen atoms in total. The predicted molar refractivity (Wildman–Crippen MR) is 114 cm³/mol. The van der Waals surface area contributed by atoms with E-state index in [1.54, 1.807) is 30.3 Å². The van der Waals surface area contributed by atoms with Gasteiger partial charge < -0.3 is 15.5 Å². The molecule has 0 aromatic heterocycles. The van der Waals surface area contributed by atoms with Gasteiger partial charge in [0.05, 0.1) is 5.56 Å². The third-order valence-electron chi connectivity index (χ3n) is 4.70. The summed E-state index contributed by atoms with van der Waals surface area (Å²) in [6.07, 6.45) is 2.25. The van der Waals surface area contributed by atoms with E-state index in [4.69, 9.17) is 11.6 Å². The quantitative estimate of drug-likeness (QED) is 0.747. The summed E-state index contributed by atoms with van der Waals surface area (Å²) in [6, 6.07) is 12.3. The maximum atomic E-state index is 12.8. The number of hydrogen-bond donors (Lipinski definition) is 2. The first-order valence-corrected chi connectivity index (χ1v) is 10.1. The number of carbonyl (C=O) groups is 2. The lowest BCUT2D eigenvalue weighted by Gasteiger charge is -2.22. The summed E-state index contributed by atoms with van der Waals surface area (Å²) in [6.45, 7) is 6.61. The number of nitrogens with one attached hydrogen (secondary N) is 2. The highest BCUT2D eigenvalue weighted by Crippen LogP contribution is 2.28. The van der Waals surface area contributed by atoms with E-state index < -0.39 is 0 Å². The Kier molecular flexibility index (Phi) is 6.57. The highest BCUT2D eigenvalue weighted by atomic mass is 35.5. The van der Waals surface area contributed by atoms with Gasteiger partial charge in [-0.2, -0.15) is 0 Å². The van der Waals surface area contributed by atoms with Crippen molar-refractivity contribution in [2.75, 3.05) is 29.9 Å². The monoisotopic (exact) mass is 399 g/mol. The molecule has 0 bridgehead atoms. The fourth-order valence-electron chi connectivity index (χ4n) is 3.25. The first-order valence-electron chi connectivity index (χ1n) is 9.68. The molecule has 0 saturated carbocycles. The number of amides is 2. The Hall–Kier alpha value is -2.53. The zero-order valence-electron chi connectivity index (χ0n) is 16.3. The Morgan fingerprint density at radius 1 is 1.07 bits per heavy atom. The van der Waals surface area contributed by atoms with Crippen molar-refractivity contribution in [2.24, 2.45) is 5.92 Å². The molecule has 2 aromatic rings. The number of nitrogens with zero attached hydrogens (tertiary/aromatic N) is 1. The minimum Gasteiger partial charge on any atom is -0.371 e. The van der Waals surface area contributed by atoms with Gasteiger partial charge in [-0.3, -0.25) is 9.59 Å². The lowest BCUT2D eigenvalue weighted by Crippen LogP contribution is -2.30. The maximum Gasteiger partial charge on any atom is 0.255 e. The molecule has 0 atom stereocenters. The molecule has 0 aliphatic carbocycles. The van der Waals surface area contributed by atoms with Crippen molar-refractivity contribution in [3.63, 3.8) is 0 Å². The fraction of sp³-hybridized carbons (Fsp3) is 0.364. The van der Waals surface area contributed by atoms with Gasteiger partial charge in [0.2, 0.25) is 0 Å². The average Bonchev–Trinajstić information content (AvgIpc) is 3.20. The molecule has 0 unspecified atom stereocenters. The van der Waals surface area contributed by atoms with E-state index in [2.05, 4.69) is 29.4 Å². The Bertz CT molecular complexity index is 861. The number of hydrogen-bond acceptors (Lipinski definition) is 3. The molecule has 1 heterocycles. The Morgan fingerprint density at radius 3 is 2.50 bits per heavy atom. The van der Waals surface area contributed by atoms with Gasteiger partial charge in [0.25, 0.3) is 11.8 Å². The van der Waals surface area contributed by atoms with Crippen LogP contribution in [0.15, 0.2) is 42.5 Å². The topological polar surface area (TPSA) is 61.4 Å². The van der Waals surface area contributed by atoms with Crippen LogP contribution in [-0.4, -0.2) is 31.4 Å². The Morgan fingerprint density at radius 2 is 1.82 bits per heavy atom. The minimum atomic E-state index is -0.259. The largest absolute Gasteiger partial charge is 0.371 e.